The van der Waals surface area contributed by atoms with E-state index in [1.54, 1.807) is 23.1 Å². The second-order valence-corrected chi connectivity index (χ2v) is 5.13. The van der Waals surface area contributed by atoms with Gasteiger partial charge in [0.2, 0.25) is 5.91 Å². The highest BCUT2D eigenvalue weighted by Gasteiger charge is 2.26. The van der Waals surface area contributed by atoms with Gasteiger partial charge in [0.05, 0.1) is 29.2 Å². The minimum atomic E-state index is -0.455. The SMILES string of the molecule is C[C@@H]1CN(C(=O)/C=C/c2ccccc2[N+](=O)[O-])[C@H](C)CO1. The molecule has 6 nitrogen and oxygen atoms in total. The summed E-state index contributed by atoms with van der Waals surface area (Å²) in [6, 6.07) is 6.35. The summed E-state index contributed by atoms with van der Waals surface area (Å²) >= 11 is 0. The van der Waals surface area contributed by atoms with Crippen LogP contribution in [0.15, 0.2) is 30.3 Å². The van der Waals surface area contributed by atoms with Gasteiger partial charge >= 0.3 is 0 Å². The van der Waals surface area contributed by atoms with Crippen molar-refractivity contribution in [2.24, 2.45) is 0 Å². The smallest absolute Gasteiger partial charge is 0.276 e. The number of hydrogen-bond donors (Lipinski definition) is 0. The molecule has 1 aliphatic heterocycles. The fraction of sp³-hybridized carbons (Fsp3) is 0.400. The Bertz CT molecular complexity index is 571. The van der Waals surface area contributed by atoms with E-state index >= 15 is 0 Å². The van der Waals surface area contributed by atoms with Crippen LogP contribution in [0.2, 0.25) is 0 Å². The van der Waals surface area contributed by atoms with E-state index in [1.165, 1.54) is 18.2 Å². The topological polar surface area (TPSA) is 72.7 Å². The molecule has 1 amide bonds. The Kier molecular flexibility index (Phi) is 4.70. The Morgan fingerprint density at radius 1 is 1.43 bits per heavy atom. The fourth-order valence-corrected chi connectivity index (χ4v) is 2.26. The first-order valence-corrected chi connectivity index (χ1v) is 6.82. The summed E-state index contributed by atoms with van der Waals surface area (Å²) in [5.74, 6) is -0.157. The van der Waals surface area contributed by atoms with Crippen molar-refractivity contribution in [1.29, 1.82) is 0 Å². The van der Waals surface area contributed by atoms with Crippen LogP contribution in [0.25, 0.3) is 6.08 Å². The van der Waals surface area contributed by atoms with Crippen LogP contribution in [0.1, 0.15) is 19.4 Å². The first kappa shape index (κ1) is 15.2. The summed E-state index contributed by atoms with van der Waals surface area (Å²) in [5, 5.41) is 10.9. The Morgan fingerprint density at radius 3 is 2.86 bits per heavy atom. The monoisotopic (exact) mass is 290 g/mol. The molecule has 6 heteroatoms. The van der Waals surface area contributed by atoms with Gasteiger partial charge < -0.3 is 9.64 Å². The third-order valence-corrected chi connectivity index (χ3v) is 3.43. The maximum absolute atomic E-state index is 12.2. The lowest BCUT2D eigenvalue weighted by Crippen LogP contribution is -2.49. The predicted molar refractivity (Wildman–Crippen MR) is 78.7 cm³/mol. The summed E-state index contributed by atoms with van der Waals surface area (Å²) in [6.07, 6.45) is 2.88. The highest BCUT2D eigenvalue weighted by atomic mass is 16.6. The van der Waals surface area contributed by atoms with Gasteiger partial charge in [0.1, 0.15) is 0 Å². The second kappa shape index (κ2) is 6.49. The van der Waals surface area contributed by atoms with Crippen LogP contribution in [0.5, 0.6) is 0 Å². The molecule has 0 unspecified atom stereocenters. The van der Waals surface area contributed by atoms with Crippen LogP contribution in [0.4, 0.5) is 5.69 Å². The van der Waals surface area contributed by atoms with Gasteiger partial charge in [-0.25, -0.2) is 0 Å². The Balaban J connectivity index is 2.14. The van der Waals surface area contributed by atoms with Crippen molar-refractivity contribution >= 4 is 17.7 Å². The minimum Gasteiger partial charge on any atom is -0.375 e. The molecule has 0 N–H and O–H groups in total. The molecule has 0 radical (unpaired) electrons. The van der Waals surface area contributed by atoms with E-state index < -0.39 is 4.92 Å². The lowest BCUT2D eigenvalue weighted by atomic mass is 10.1. The number of morpholine rings is 1. The van der Waals surface area contributed by atoms with Gasteiger partial charge in [-0.1, -0.05) is 12.1 Å². The molecule has 0 aromatic heterocycles. The third-order valence-electron chi connectivity index (χ3n) is 3.43. The lowest BCUT2D eigenvalue weighted by Gasteiger charge is -2.36. The third kappa shape index (κ3) is 3.66. The lowest BCUT2D eigenvalue weighted by molar-refractivity contribution is -0.385. The van der Waals surface area contributed by atoms with Gasteiger partial charge in [0.15, 0.2) is 0 Å². The quantitative estimate of drug-likeness (QED) is 0.486. The average molecular weight is 290 g/mol. The summed E-state index contributed by atoms with van der Waals surface area (Å²) in [5.41, 5.74) is 0.412. The van der Waals surface area contributed by atoms with Crippen molar-refractivity contribution in [3.63, 3.8) is 0 Å². The van der Waals surface area contributed by atoms with E-state index in [1.807, 2.05) is 13.8 Å². The molecule has 2 rings (SSSR count). The van der Waals surface area contributed by atoms with Crippen LogP contribution in [-0.4, -0.2) is 41.0 Å². The van der Waals surface area contributed by atoms with Gasteiger partial charge in [-0.3, -0.25) is 14.9 Å². The molecule has 0 aliphatic carbocycles. The highest BCUT2D eigenvalue weighted by Crippen LogP contribution is 2.19. The number of ether oxygens (including phenoxy) is 1. The Morgan fingerprint density at radius 2 is 2.14 bits per heavy atom. The van der Waals surface area contributed by atoms with Gasteiger partial charge in [-0.15, -0.1) is 0 Å². The van der Waals surface area contributed by atoms with Gasteiger partial charge in [0, 0.05) is 18.7 Å². The molecular weight excluding hydrogens is 272 g/mol. The molecule has 1 fully saturated rings. The number of benzene rings is 1. The van der Waals surface area contributed by atoms with E-state index in [0.29, 0.717) is 18.7 Å². The van der Waals surface area contributed by atoms with Crippen molar-refractivity contribution in [3.8, 4) is 0 Å². The zero-order chi connectivity index (χ0) is 15.4. The van der Waals surface area contributed by atoms with Gasteiger partial charge in [-0.2, -0.15) is 0 Å². The van der Waals surface area contributed by atoms with Crippen molar-refractivity contribution in [2.45, 2.75) is 26.0 Å². The molecule has 2 atom stereocenters. The predicted octanol–water partition coefficient (Wildman–Crippen LogP) is 2.24. The van der Waals surface area contributed by atoms with E-state index in [2.05, 4.69) is 0 Å². The number of nitro groups is 1. The maximum Gasteiger partial charge on any atom is 0.276 e. The average Bonchev–Trinajstić information content (AvgIpc) is 2.47. The van der Waals surface area contributed by atoms with E-state index in [0.717, 1.165) is 0 Å². The molecule has 1 aromatic rings. The van der Waals surface area contributed by atoms with Gasteiger partial charge in [-0.05, 0) is 26.0 Å². The van der Waals surface area contributed by atoms with Crippen molar-refractivity contribution in [1.82, 2.24) is 4.90 Å². The molecule has 1 aromatic carbocycles. The summed E-state index contributed by atoms with van der Waals surface area (Å²) in [6.45, 7) is 4.87. The molecule has 21 heavy (non-hydrogen) atoms. The number of amides is 1. The zero-order valence-electron chi connectivity index (χ0n) is 12.1. The normalized spacial score (nSPS) is 22.5. The molecule has 1 aliphatic rings. The van der Waals surface area contributed by atoms with Crippen LogP contribution in [0, 0.1) is 10.1 Å². The van der Waals surface area contributed by atoms with Crippen LogP contribution >= 0.6 is 0 Å². The van der Waals surface area contributed by atoms with Crippen LogP contribution in [0.3, 0.4) is 0 Å². The van der Waals surface area contributed by atoms with Crippen molar-refractivity contribution in [2.75, 3.05) is 13.2 Å². The summed E-state index contributed by atoms with van der Waals surface area (Å²) in [7, 11) is 0. The first-order valence-electron chi connectivity index (χ1n) is 6.82. The second-order valence-electron chi connectivity index (χ2n) is 5.13. The minimum absolute atomic E-state index is 0.00380. The highest BCUT2D eigenvalue weighted by molar-refractivity contribution is 5.92. The number of hydrogen-bond acceptors (Lipinski definition) is 4. The number of carbonyl (C=O) groups is 1. The number of carbonyl (C=O) groups excluding carboxylic acids is 1. The maximum atomic E-state index is 12.2. The van der Waals surface area contributed by atoms with E-state index in [9.17, 15) is 14.9 Å². The standard InChI is InChI=1S/C15H18N2O4/c1-11-10-21-12(2)9-16(11)15(18)8-7-13-5-3-4-6-14(13)17(19)20/h3-8,11-12H,9-10H2,1-2H3/b8-7+/t11-,12-/m1/s1. The Hall–Kier alpha value is -2.21. The van der Waals surface area contributed by atoms with Crippen molar-refractivity contribution in [3.05, 3.63) is 46.0 Å². The molecule has 0 bridgehead atoms. The largest absolute Gasteiger partial charge is 0.375 e. The number of nitro benzene ring substituents is 1. The first-order chi connectivity index (χ1) is 9.99. The van der Waals surface area contributed by atoms with Crippen molar-refractivity contribution < 1.29 is 14.5 Å². The van der Waals surface area contributed by atoms with E-state index in [4.69, 9.17) is 4.74 Å². The summed E-state index contributed by atoms with van der Waals surface area (Å²) < 4.78 is 5.48. The molecule has 0 saturated carbocycles. The molecule has 0 spiro atoms. The van der Waals surface area contributed by atoms with Gasteiger partial charge in [0.25, 0.3) is 5.69 Å². The molecule has 112 valence electrons. The van der Waals surface area contributed by atoms with Crippen LogP contribution in [-0.2, 0) is 9.53 Å². The number of nitrogens with zero attached hydrogens (tertiary/aromatic N) is 2. The summed E-state index contributed by atoms with van der Waals surface area (Å²) in [4.78, 5) is 24.4. The number of para-hydroxylation sites is 1. The Labute approximate surface area is 123 Å². The zero-order valence-corrected chi connectivity index (χ0v) is 12.1. The number of rotatable bonds is 3. The van der Waals surface area contributed by atoms with Crippen LogP contribution < -0.4 is 0 Å². The van der Waals surface area contributed by atoms with E-state index in [-0.39, 0.29) is 23.7 Å². The fourth-order valence-electron chi connectivity index (χ4n) is 2.26. The molecule has 1 heterocycles. The molecular formula is C15H18N2O4. The molecule has 1 saturated heterocycles.